The Morgan fingerprint density at radius 3 is 2.81 bits per heavy atom. The normalized spacial score (nSPS) is 17.0. The van der Waals surface area contributed by atoms with Crippen LogP contribution in [-0.4, -0.2) is 6.54 Å². The number of allylic oxidation sites excluding steroid dienone is 4. The van der Waals surface area contributed by atoms with E-state index in [9.17, 15) is 0 Å². The number of benzene rings is 2. The Balaban J connectivity index is 1.92. The third-order valence-corrected chi connectivity index (χ3v) is 4.88. The number of hydrogen-bond acceptors (Lipinski definition) is 1. The van der Waals surface area contributed by atoms with E-state index in [1.807, 2.05) is 0 Å². The average molecular weight is 275 g/mol. The molecule has 0 atom stereocenters. The van der Waals surface area contributed by atoms with Crippen molar-refractivity contribution in [2.24, 2.45) is 5.73 Å². The zero-order chi connectivity index (χ0) is 14.2. The SMILES string of the molecule is NCCc1ccc2ccc3c(c2c1)CCC1=C3C=CCC1. The van der Waals surface area contributed by atoms with Crippen LogP contribution in [-0.2, 0) is 12.8 Å². The minimum absolute atomic E-state index is 0.721. The standard InChI is InChI=1S/C20H21N/c21-12-11-14-5-6-16-8-9-18-17-4-2-1-3-15(17)7-10-19(18)20(16)13-14/h2,4-6,8-9,13H,1,3,7,10-12,21H2. The van der Waals surface area contributed by atoms with Gasteiger partial charge in [0, 0.05) is 0 Å². The molecular weight excluding hydrogens is 254 g/mol. The molecule has 0 radical (unpaired) electrons. The molecule has 0 fully saturated rings. The Morgan fingerprint density at radius 2 is 1.90 bits per heavy atom. The van der Waals surface area contributed by atoms with Crippen LogP contribution in [0.25, 0.3) is 16.3 Å². The summed E-state index contributed by atoms with van der Waals surface area (Å²) in [6, 6.07) is 11.4. The zero-order valence-corrected chi connectivity index (χ0v) is 12.4. The van der Waals surface area contributed by atoms with Gasteiger partial charge in [0.2, 0.25) is 0 Å². The highest BCUT2D eigenvalue weighted by molar-refractivity contribution is 5.94. The molecule has 2 aliphatic carbocycles. The molecule has 2 aliphatic rings. The van der Waals surface area contributed by atoms with Crippen LogP contribution in [0.5, 0.6) is 0 Å². The van der Waals surface area contributed by atoms with E-state index in [0.717, 1.165) is 13.0 Å². The Morgan fingerprint density at radius 1 is 1.00 bits per heavy atom. The van der Waals surface area contributed by atoms with E-state index in [0.29, 0.717) is 0 Å². The minimum Gasteiger partial charge on any atom is -0.330 e. The van der Waals surface area contributed by atoms with Crippen molar-refractivity contribution in [3.63, 3.8) is 0 Å². The highest BCUT2D eigenvalue weighted by atomic mass is 14.5. The lowest BCUT2D eigenvalue weighted by atomic mass is 9.79. The lowest BCUT2D eigenvalue weighted by Crippen LogP contribution is -2.07. The van der Waals surface area contributed by atoms with Gasteiger partial charge in [-0.25, -0.2) is 0 Å². The summed E-state index contributed by atoms with van der Waals surface area (Å²) in [5, 5.41) is 2.79. The fraction of sp³-hybridized carbons (Fsp3) is 0.300. The molecule has 0 saturated heterocycles. The third-order valence-electron chi connectivity index (χ3n) is 4.88. The van der Waals surface area contributed by atoms with E-state index < -0.39 is 0 Å². The summed E-state index contributed by atoms with van der Waals surface area (Å²) in [7, 11) is 0. The van der Waals surface area contributed by atoms with E-state index in [1.54, 1.807) is 5.57 Å². The van der Waals surface area contributed by atoms with Crippen molar-refractivity contribution < 1.29 is 0 Å². The topological polar surface area (TPSA) is 26.0 Å². The molecule has 0 aromatic heterocycles. The van der Waals surface area contributed by atoms with Gasteiger partial charge in [0.1, 0.15) is 0 Å². The molecule has 0 amide bonds. The summed E-state index contributed by atoms with van der Waals surface area (Å²) in [5.41, 5.74) is 13.2. The summed E-state index contributed by atoms with van der Waals surface area (Å²) in [5.74, 6) is 0. The number of hydrogen-bond donors (Lipinski definition) is 1. The smallest absolute Gasteiger partial charge is 0.00367 e. The first-order valence-corrected chi connectivity index (χ1v) is 8.00. The van der Waals surface area contributed by atoms with Crippen molar-refractivity contribution in [3.8, 4) is 0 Å². The fourth-order valence-corrected chi connectivity index (χ4v) is 3.80. The quantitative estimate of drug-likeness (QED) is 0.864. The van der Waals surface area contributed by atoms with Gasteiger partial charge in [-0.3, -0.25) is 0 Å². The third kappa shape index (κ3) is 2.13. The minimum atomic E-state index is 0.721. The molecule has 1 nitrogen and oxygen atoms in total. The summed E-state index contributed by atoms with van der Waals surface area (Å²) in [4.78, 5) is 0. The average Bonchev–Trinajstić information content (AvgIpc) is 2.54. The molecule has 0 bridgehead atoms. The molecule has 2 N–H and O–H groups in total. The van der Waals surface area contributed by atoms with Crippen LogP contribution in [0.2, 0.25) is 0 Å². The van der Waals surface area contributed by atoms with Crippen molar-refractivity contribution in [1.82, 2.24) is 0 Å². The van der Waals surface area contributed by atoms with Crippen molar-refractivity contribution >= 4 is 16.3 Å². The van der Waals surface area contributed by atoms with E-state index in [2.05, 4.69) is 42.5 Å². The van der Waals surface area contributed by atoms with Crippen LogP contribution in [0.1, 0.15) is 36.0 Å². The summed E-state index contributed by atoms with van der Waals surface area (Å²) in [6.45, 7) is 0.721. The number of fused-ring (bicyclic) bond motifs is 4. The number of aryl methyl sites for hydroxylation is 1. The van der Waals surface area contributed by atoms with E-state index in [-0.39, 0.29) is 0 Å². The molecule has 21 heavy (non-hydrogen) atoms. The molecule has 4 rings (SSSR count). The van der Waals surface area contributed by atoms with Crippen molar-refractivity contribution in [3.05, 3.63) is 64.7 Å². The molecule has 0 aliphatic heterocycles. The molecule has 0 heterocycles. The van der Waals surface area contributed by atoms with E-state index >= 15 is 0 Å². The van der Waals surface area contributed by atoms with Gasteiger partial charge in [-0.1, -0.05) is 48.1 Å². The molecule has 1 heteroatoms. The van der Waals surface area contributed by atoms with Crippen molar-refractivity contribution in [1.29, 1.82) is 0 Å². The van der Waals surface area contributed by atoms with Gasteiger partial charge < -0.3 is 5.73 Å². The largest absolute Gasteiger partial charge is 0.330 e. The Kier molecular flexibility index (Phi) is 3.16. The molecule has 2 aromatic carbocycles. The van der Waals surface area contributed by atoms with E-state index in [1.165, 1.54) is 58.7 Å². The van der Waals surface area contributed by atoms with Gasteiger partial charge >= 0.3 is 0 Å². The highest BCUT2D eigenvalue weighted by Crippen LogP contribution is 2.39. The number of rotatable bonds is 2. The second kappa shape index (κ2) is 5.16. The van der Waals surface area contributed by atoms with Crippen LogP contribution < -0.4 is 5.73 Å². The maximum atomic E-state index is 5.71. The highest BCUT2D eigenvalue weighted by Gasteiger charge is 2.20. The predicted molar refractivity (Wildman–Crippen MR) is 90.3 cm³/mol. The van der Waals surface area contributed by atoms with Gasteiger partial charge in [0.15, 0.2) is 0 Å². The molecule has 0 saturated carbocycles. The predicted octanol–water partition coefficient (Wildman–Crippen LogP) is 4.39. The van der Waals surface area contributed by atoms with Crippen LogP contribution in [0, 0.1) is 0 Å². The van der Waals surface area contributed by atoms with Crippen LogP contribution >= 0.6 is 0 Å². The molecular formula is C20H21N. The first kappa shape index (κ1) is 12.8. The second-order valence-corrected chi connectivity index (χ2v) is 6.14. The Labute approximate surface area is 126 Å². The van der Waals surface area contributed by atoms with Gasteiger partial charge in [-0.15, -0.1) is 0 Å². The maximum Gasteiger partial charge on any atom is -0.00367 e. The van der Waals surface area contributed by atoms with Crippen LogP contribution in [0.15, 0.2) is 48.1 Å². The Bertz CT molecular complexity index is 765. The molecule has 0 unspecified atom stereocenters. The van der Waals surface area contributed by atoms with Gasteiger partial charge in [-0.05, 0) is 71.7 Å². The molecule has 2 aromatic rings. The Hall–Kier alpha value is -1.86. The monoisotopic (exact) mass is 275 g/mol. The summed E-state index contributed by atoms with van der Waals surface area (Å²) < 4.78 is 0. The fourth-order valence-electron chi connectivity index (χ4n) is 3.80. The second-order valence-electron chi connectivity index (χ2n) is 6.14. The first-order chi connectivity index (χ1) is 10.4. The van der Waals surface area contributed by atoms with Gasteiger partial charge in [0.25, 0.3) is 0 Å². The zero-order valence-electron chi connectivity index (χ0n) is 12.4. The maximum absolute atomic E-state index is 5.71. The van der Waals surface area contributed by atoms with Gasteiger partial charge in [-0.2, -0.15) is 0 Å². The number of nitrogens with two attached hydrogens (primary N) is 1. The van der Waals surface area contributed by atoms with Crippen LogP contribution in [0.4, 0.5) is 0 Å². The summed E-state index contributed by atoms with van der Waals surface area (Å²) >= 11 is 0. The first-order valence-electron chi connectivity index (χ1n) is 8.00. The van der Waals surface area contributed by atoms with Crippen LogP contribution in [0.3, 0.4) is 0 Å². The lowest BCUT2D eigenvalue weighted by Gasteiger charge is -2.25. The van der Waals surface area contributed by atoms with Crippen molar-refractivity contribution in [2.75, 3.05) is 6.54 Å². The molecule has 106 valence electrons. The lowest BCUT2D eigenvalue weighted by molar-refractivity contribution is 0.831. The van der Waals surface area contributed by atoms with Gasteiger partial charge in [0.05, 0.1) is 0 Å². The van der Waals surface area contributed by atoms with Crippen molar-refractivity contribution in [2.45, 2.75) is 32.1 Å². The molecule has 0 spiro atoms. The summed E-state index contributed by atoms with van der Waals surface area (Å²) in [6.07, 6.45) is 10.5. The van der Waals surface area contributed by atoms with E-state index in [4.69, 9.17) is 5.73 Å².